The summed E-state index contributed by atoms with van der Waals surface area (Å²) in [6.07, 6.45) is 2.85. The van der Waals surface area contributed by atoms with Gasteiger partial charge in [-0.15, -0.1) is 5.73 Å². The van der Waals surface area contributed by atoms with Crippen molar-refractivity contribution in [2.75, 3.05) is 0 Å². The summed E-state index contributed by atoms with van der Waals surface area (Å²) in [5.41, 5.74) is 26.9. The van der Waals surface area contributed by atoms with Gasteiger partial charge in [0.1, 0.15) is 0 Å². The maximum Gasteiger partial charge on any atom is 0.0803 e. The van der Waals surface area contributed by atoms with Crippen molar-refractivity contribution in [2.24, 2.45) is 4.99 Å². The SMILES string of the molecule is C1=CC(c2ccc(-c3ccc(-c4ccc5c(c4)C4(c6ccccc6-c6ccccc64)c4ccccc4-5)cc3)cc2)=NC(c2ccccc2)CC=1c1ccc(-c2ccccc2)cc1. The van der Waals surface area contributed by atoms with Gasteiger partial charge in [-0.25, -0.2) is 0 Å². The summed E-state index contributed by atoms with van der Waals surface area (Å²) >= 11 is 0. The molecule has 1 atom stereocenters. The largest absolute Gasteiger partial charge is 0.276 e. The zero-order valence-electron chi connectivity index (χ0n) is 34.2. The van der Waals surface area contributed by atoms with Gasteiger partial charge in [-0.1, -0.05) is 218 Å². The first-order valence-electron chi connectivity index (χ1n) is 21.6. The van der Waals surface area contributed by atoms with Crippen LogP contribution in [0.25, 0.3) is 61.2 Å². The van der Waals surface area contributed by atoms with E-state index in [2.05, 4.69) is 236 Å². The Morgan fingerprint density at radius 2 is 0.758 bits per heavy atom. The highest BCUT2D eigenvalue weighted by atomic mass is 14.8. The molecular formula is C61H41N. The van der Waals surface area contributed by atoms with Crippen LogP contribution >= 0.6 is 0 Å². The van der Waals surface area contributed by atoms with Gasteiger partial charge in [0.25, 0.3) is 0 Å². The van der Waals surface area contributed by atoms with E-state index in [-0.39, 0.29) is 11.5 Å². The van der Waals surface area contributed by atoms with Crippen molar-refractivity contribution in [2.45, 2.75) is 17.9 Å². The normalized spacial score (nSPS) is 15.2. The maximum atomic E-state index is 5.37. The van der Waals surface area contributed by atoms with Crippen LogP contribution in [0, 0.1) is 0 Å². The van der Waals surface area contributed by atoms with Gasteiger partial charge in [0, 0.05) is 23.6 Å². The number of hydrogen-bond donors (Lipinski definition) is 0. The second kappa shape index (κ2) is 14.7. The van der Waals surface area contributed by atoms with E-state index in [0.717, 1.165) is 23.3 Å². The first kappa shape index (κ1) is 36.1. The second-order valence-electron chi connectivity index (χ2n) is 16.7. The van der Waals surface area contributed by atoms with E-state index < -0.39 is 0 Å². The van der Waals surface area contributed by atoms with Crippen LogP contribution in [0.2, 0.25) is 0 Å². The van der Waals surface area contributed by atoms with Gasteiger partial charge in [0.15, 0.2) is 0 Å². The lowest BCUT2D eigenvalue weighted by molar-refractivity contribution is 0.757. The zero-order chi connectivity index (χ0) is 41.0. The predicted molar refractivity (Wildman–Crippen MR) is 257 cm³/mol. The Kier molecular flexibility index (Phi) is 8.56. The van der Waals surface area contributed by atoms with Crippen LogP contribution in [0.15, 0.2) is 241 Å². The molecule has 0 amide bonds. The highest BCUT2D eigenvalue weighted by Gasteiger charge is 2.51. The highest BCUT2D eigenvalue weighted by molar-refractivity contribution is 6.09. The molecule has 1 heterocycles. The van der Waals surface area contributed by atoms with Crippen molar-refractivity contribution in [3.8, 4) is 55.6 Å². The van der Waals surface area contributed by atoms with Crippen LogP contribution in [0.3, 0.4) is 0 Å². The highest BCUT2D eigenvalue weighted by Crippen LogP contribution is 2.63. The van der Waals surface area contributed by atoms with E-state index in [0.29, 0.717) is 0 Å². The molecule has 1 heteroatoms. The van der Waals surface area contributed by atoms with Crippen LogP contribution in [0.5, 0.6) is 0 Å². The van der Waals surface area contributed by atoms with E-state index in [9.17, 15) is 0 Å². The van der Waals surface area contributed by atoms with Crippen LogP contribution in [-0.4, -0.2) is 5.71 Å². The molecule has 0 fully saturated rings. The van der Waals surface area contributed by atoms with Crippen molar-refractivity contribution in [1.82, 2.24) is 0 Å². The van der Waals surface area contributed by atoms with E-state index in [1.807, 2.05) is 0 Å². The van der Waals surface area contributed by atoms with Gasteiger partial charge in [-0.05, 0) is 95.1 Å². The molecule has 0 saturated carbocycles. The van der Waals surface area contributed by atoms with E-state index in [1.165, 1.54) is 89.0 Å². The molecule has 0 aromatic heterocycles. The van der Waals surface area contributed by atoms with Crippen LogP contribution in [-0.2, 0) is 5.41 Å². The third-order valence-corrected chi connectivity index (χ3v) is 13.3. The fourth-order valence-electron chi connectivity index (χ4n) is 10.3. The second-order valence-corrected chi connectivity index (χ2v) is 16.7. The van der Waals surface area contributed by atoms with E-state index in [1.54, 1.807) is 0 Å². The number of fused-ring (bicyclic) bond motifs is 10. The molecule has 0 bridgehead atoms. The van der Waals surface area contributed by atoms with Crippen molar-refractivity contribution in [3.63, 3.8) is 0 Å². The molecule has 2 aliphatic carbocycles. The first-order valence-corrected chi connectivity index (χ1v) is 21.6. The fourth-order valence-corrected chi connectivity index (χ4v) is 10.3. The van der Waals surface area contributed by atoms with Gasteiger partial charge < -0.3 is 0 Å². The standard InChI is InChI=1S/C61H41N/c1-3-13-41(14-4-1)42-23-29-46(30-24-42)50-36-38-59(62-60(40-50)47-15-5-2-6-16-47)48-33-31-44(32-34-48)43-25-27-45(28-26-43)49-35-37-54-53-19-9-12-22-57(53)61(58(54)39-49)55-20-10-7-17-51(55)52-18-8-11-21-56(52)61/h1-35,37-39,60H,40H2. The van der Waals surface area contributed by atoms with Crippen molar-refractivity contribution in [1.29, 1.82) is 0 Å². The van der Waals surface area contributed by atoms with Crippen LogP contribution in [0.1, 0.15) is 51.4 Å². The molecule has 1 spiro atoms. The topological polar surface area (TPSA) is 12.4 Å². The molecule has 290 valence electrons. The quantitative estimate of drug-likeness (QED) is 0.149. The van der Waals surface area contributed by atoms with Gasteiger partial charge in [0.2, 0.25) is 0 Å². The Labute approximate surface area is 363 Å². The van der Waals surface area contributed by atoms with Crippen LogP contribution in [0.4, 0.5) is 0 Å². The summed E-state index contributed by atoms with van der Waals surface area (Å²) in [5, 5.41) is 0. The Morgan fingerprint density at radius 1 is 0.355 bits per heavy atom. The summed E-state index contributed by atoms with van der Waals surface area (Å²) in [6.45, 7) is 0. The number of hydrogen-bond acceptors (Lipinski definition) is 1. The van der Waals surface area contributed by atoms with Gasteiger partial charge in [-0.2, -0.15) is 0 Å². The van der Waals surface area contributed by atoms with Crippen molar-refractivity contribution < 1.29 is 0 Å². The average molecular weight is 788 g/mol. The minimum absolute atomic E-state index is 0.0186. The minimum atomic E-state index is -0.347. The number of rotatable bonds is 6. The molecule has 0 saturated heterocycles. The number of aliphatic imine (C=N–C) groups is 1. The average Bonchev–Trinajstić information content (AvgIpc) is 3.70. The Morgan fingerprint density at radius 3 is 1.31 bits per heavy atom. The molecule has 1 unspecified atom stereocenters. The van der Waals surface area contributed by atoms with Gasteiger partial charge >= 0.3 is 0 Å². The minimum Gasteiger partial charge on any atom is -0.276 e. The Hall–Kier alpha value is -7.83. The summed E-state index contributed by atoms with van der Waals surface area (Å²) in [6, 6.07) is 82.1. The summed E-state index contributed by atoms with van der Waals surface area (Å²) in [7, 11) is 0. The third-order valence-electron chi connectivity index (χ3n) is 13.3. The zero-order valence-corrected chi connectivity index (χ0v) is 34.2. The molecule has 12 rings (SSSR count). The first-order chi connectivity index (χ1) is 30.7. The number of nitrogens with zero attached hydrogens (tertiary/aromatic N) is 1. The molecule has 1 aliphatic heterocycles. The van der Waals surface area contributed by atoms with E-state index >= 15 is 0 Å². The van der Waals surface area contributed by atoms with E-state index in [4.69, 9.17) is 4.99 Å². The number of benzene rings is 9. The van der Waals surface area contributed by atoms with Gasteiger partial charge in [0.05, 0.1) is 17.2 Å². The Bertz CT molecular complexity index is 3190. The molecule has 0 radical (unpaired) electrons. The molecule has 0 N–H and O–H groups in total. The van der Waals surface area contributed by atoms with Crippen LogP contribution < -0.4 is 0 Å². The van der Waals surface area contributed by atoms with Crippen molar-refractivity contribution >= 4 is 11.3 Å². The third kappa shape index (κ3) is 5.82. The molecule has 62 heavy (non-hydrogen) atoms. The predicted octanol–water partition coefficient (Wildman–Crippen LogP) is 15.2. The maximum absolute atomic E-state index is 5.37. The Balaban J connectivity index is 0.859. The fraction of sp³-hybridized carbons (Fsp3) is 0.0492. The van der Waals surface area contributed by atoms with Crippen molar-refractivity contribution in [3.05, 3.63) is 275 Å². The molecule has 9 aromatic rings. The molecule has 9 aromatic carbocycles. The molecular weight excluding hydrogens is 747 g/mol. The lowest BCUT2D eigenvalue weighted by Gasteiger charge is -2.30. The van der Waals surface area contributed by atoms with Gasteiger partial charge in [-0.3, -0.25) is 4.99 Å². The summed E-state index contributed by atoms with van der Waals surface area (Å²) < 4.78 is 0. The lowest BCUT2D eigenvalue weighted by Crippen LogP contribution is -2.25. The molecule has 1 nitrogen and oxygen atoms in total. The lowest BCUT2D eigenvalue weighted by atomic mass is 9.70. The smallest absolute Gasteiger partial charge is 0.0803 e. The summed E-state index contributed by atoms with van der Waals surface area (Å²) in [5.74, 6) is 0. The summed E-state index contributed by atoms with van der Waals surface area (Å²) in [4.78, 5) is 5.37. The molecule has 3 aliphatic rings. The monoisotopic (exact) mass is 787 g/mol.